The van der Waals surface area contributed by atoms with Gasteiger partial charge in [-0.15, -0.1) is 0 Å². The Morgan fingerprint density at radius 1 is 1.29 bits per heavy atom. The molecule has 0 amide bonds. The van der Waals surface area contributed by atoms with Crippen LogP contribution in [0.5, 0.6) is 0 Å². The van der Waals surface area contributed by atoms with Crippen LogP contribution in [0.1, 0.15) is 69.2 Å². The number of fused-ring (bicyclic) bond motifs is 1. The predicted octanol–water partition coefficient (Wildman–Crippen LogP) is 4.66. The number of carboxylic acids is 1. The van der Waals surface area contributed by atoms with Gasteiger partial charge in [-0.2, -0.15) is 0 Å². The zero-order valence-corrected chi connectivity index (χ0v) is 14.8. The van der Waals surface area contributed by atoms with Gasteiger partial charge in [-0.05, 0) is 49.3 Å². The maximum absolute atomic E-state index is 10.9. The number of unbranched alkanes of at least 4 members (excludes halogenated alkanes) is 1. The molecular formula is C20H28N2O2. The average molecular weight is 328 g/mol. The van der Waals surface area contributed by atoms with Crippen LogP contribution in [0, 0.1) is 5.92 Å². The molecule has 4 nitrogen and oxygen atoms in total. The van der Waals surface area contributed by atoms with E-state index in [1.807, 2.05) is 18.2 Å². The van der Waals surface area contributed by atoms with Gasteiger partial charge in [0.25, 0.3) is 0 Å². The fraction of sp³-hybridized carbons (Fsp3) is 0.600. The maximum atomic E-state index is 10.9. The Morgan fingerprint density at radius 3 is 2.71 bits per heavy atom. The van der Waals surface area contributed by atoms with Gasteiger partial charge < -0.3 is 9.67 Å². The number of benzene rings is 1. The number of imidazole rings is 1. The molecule has 130 valence electrons. The minimum atomic E-state index is -0.795. The Balaban J connectivity index is 1.75. The molecule has 0 radical (unpaired) electrons. The number of nitrogens with zero attached hydrogens (tertiary/aromatic N) is 2. The first-order valence-electron chi connectivity index (χ1n) is 9.25. The van der Waals surface area contributed by atoms with Crippen molar-refractivity contribution in [1.82, 2.24) is 9.55 Å². The largest absolute Gasteiger partial charge is 0.481 e. The van der Waals surface area contributed by atoms with Crippen molar-refractivity contribution in [2.75, 3.05) is 0 Å². The quantitative estimate of drug-likeness (QED) is 0.838. The Hall–Kier alpha value is -1.84. The van der Waals surface area contributed by atoms with Crippen LogP contribution in [-0.4, -0.2) is 20.6 Å². The zero-order chi connectivity index (χ0) is 17.1. The fourth-order valence-electron chi connectivity index (χ4n) is 4.12. The molecule has 1 saturated carbocycles. The molecule has 0 bridgehead atoms. The minimum absolute atomic E-state index is 0.0599. The van der Waals surface area contributed by atoms with E-state index in [1.165, 1.54) is 50.8 Å². The molecule has 0 spiro atoms. The van der Waals surface area contributed by atoms with E-state index >= 15 is 0 Å². The molecule has 1 aromatic heterocycles. The summed E-state index contributed by atoms with van der Waals surface area (Å²) in [6.45, 7) is 2.27. The van der Waals surface area contributed by atoms with Gasteiger partial charge in [0.05, 0.1) is 17.5 Å². The number of carbonyl (C=O) groups is 1. The highest BCUT2D eigenvalue weighted by atomic mass is 16.4. The molecule has 4 heteroatoms. The standard InChI is InChI=1S/C20H28N2O2/c1-3-4-5-14-6-9-16(10-7-14)20-21-17-12-15(13-19(23)24)8-11-18(17)22(20)2/h8,11-12,14,16H,3-7,9-10,13H2,1-2H3,(H,23,24). The van der Waals surface area contributed by atoms with Gasteiger partial charge in [-0.3, -0.25) is 4.79 Å². The molecular weight excluding hydrogens is 300 g/mol. The third kappa shape index (κ3) is 3.63. The van der Waals surface area contributed by atoms with Crippen molar-refractivity contribution in [3.63, 3.8) is 0 Å². The summed E-state index contributed by atoms with van der Waals surface area (Å²) < 4.78 is 2.21. The summed E-state index contributed by atoms with van der Waals surface area (Å²) in [5, 5.41) is 8.96. The molecule has 1 heterocycles. The molecule has 0 unspecified atom stereocenters. The van der Waals surface area contributed by atoms with Crippen LogP contribution >= 0.6 is 0 Å². The van der Waals surface area contributed by atoms with Crippen LogP contribution in [0.2, 0.25) is 0 Å². The highest BCUT2D eigenvalue weighted by Crippen LogP contribution is 2.38. The van der Waals surface area contributed by atoms with E-state index < -0.39 is 5.97 Å². The smallest absolute Gasteiger partial charge is 0.307 e. The first-order chi connectivity index (χ1) is 11.6. The summed E-state index contributed by atoms with van der Waals surface area (Å²) in [6, 6.07) is 5.85. The van der Waals surface area contributed by atoms with Crippen molar-refractivity contribution in [2.24, 2.45) is 13.0 Å². The molecule has 1 aliphatic rings. The second-order valence-electron chi connectivity index (χ2n) is 7.28. The van der Waals surface area contributed by atoms with E-state index in [0.29, 0.717) is 5.92 Å². The fourth-order valence-corrected chi connectivity index (χ4v) is 4.12. The van der Waals surface area contributed by atoms with Gasteiger partial charge in [0.2, 0.25) is 0 Å². The molecule has 0 saturated heterocycles. The van der Waals surface area contributed by atoms with Gasteiger partial charge in [-0.1, -0.05) is 32.3 Å². The van der Waals surface area contributed by atoms with Gasteiger partial charge >= 0.3 is 5.97 Å². The maximum Gasteiger partial charge on any atom is 0.307 e. The molecule has 1 N–H and O–H groups in total. The second kappa shape index (κ2) is 7.37. The topological polar surface area (TPSA) is 55.1 Å². The van der Waals surface area contributed by atoms with E-state index in [4.69, 9.17) is 10.1 Å². The molecule has 3 rings (SSSR count). The lowest BCUT2D eigenvalue weighted by Gasteiger charge is -2.28. The molecule has 24 heavy (non-hydrogen) atoms. The SMILES string of the molecule is CCCCC1CCC(c2nc3cc(CC(=O)O)ccc3n2C)CC1. The Bertz CT molecular complexity index is 712. The van der Waals surface area contributed by atoms with Gasteiger partial charge in [0.15, 0.2) is 0 Å². The Labute approximate surface area is 143 Å². The van der Waals surface area contributed by atoms with E-state index in [-0.39, 0.29) is 6.42 Å². The van der Waals surface area contributed by atoms with Crippen molar-refractivity contribution in [1.29, 1.82) is 0 Å². The number of hydrogen-bond acceptors (Lipinski definition) is 2. The van der Waals surface area contributed by atoms with Gasteiger partial charge in [0.1, 0.15) is 5.82 Å². The van der Waals surface area contributed by atoms with E-state index in [2.05, 4.69) is 18.5 Å². The highest BCUT2D eigenvalue weighted by molar-refractivity contribution is 5.79. The van der Waals surface area contributed by atoms with E-state index in [0.717, 1.165) is 22.5 Å². The first-order valence-corrected chi connectivity index (χ1v) is 9.25. The van der Waals surface area contributed by atoms with Crippen LogP contribution in [0.15, 0.2) is 18.2 Å². The summed E-state index contributed by atoms with van der Waals surface area (Å²) >= 11 is 0. The minimum Gasteiger partial charge on any atom is -0.481 e. The number of aliphatic carboxylic acids is 1. The van der Waals surface area contributed by atoms with Crippen molar-refractivity contribution in [2.45, 2.75) is 64.2 Å². The second-order valence-corrected chi connectivity index (χ2v) is 7.28. The van der Waals surface area contributed by atoms with Crippen LogP contribution in [0.25, 0.3) is 11.0 Å². The summed E-state index contributed by atoms with van der Waals surface area (Å²) in [4.78, 5) is 15.8. The van der Waals surface area contributed by atoms with Crippen LogP contribution in [0.3, 0.4) is 0 Å². The number of aryl methyl sites for hydroxylation is 1. The van der Waals surface area contributed by atoms with E-state index in [1.54, 1.807) is 0 Å². The lowest BCUT2D eigenvalue weighted by Crippen LogP contribution is -2.16. The van der Waals surface area contributed by atoms with Gasteiger partial charge in [0, 0.05) is 13.0 Å². The predicted molar refractivity (Wildman–Crippen MR) is 96.3 cm³/mol. The lowest BCUT2D eigenvalue weighted by atomic mass is 9.79. The number of hydrogen-bond donors (Lipinski definition) is 1. The molecule has 2 aromatic rings. The molecule has 1 aliphatic carbocycles. The Morgan fingerprint density at radius 2 is 2.04 bits per heavy atom. The normalized spacial score (nSPS) is 21.2. The zero-order valence-electron chi connectivity index (χ0n) is 14.8. The van der Waals surface area contributed by atoms with Crippen LogP contribution in [-0.2, 0) is 18.3 Å². The monoisotopic (exact) mass is 328 g/mol. The third-order valence-electron chi connectivity index (χ3n) is 5.51. The van der Waals surface area contributed by atoms with E-state index in [9.17, 15) is 4.79 Å². The van der Waals surface area contributed by atoms with Crippen molar-refractivity contribution in [3.05, 3.63) is 29.6 Å². The van der Waals surface area contributed by atoms with Gasteiger partial charge in [-0.25, -0.2) is 4.98 Å². The average Bonchev–Trinajstić information content (AvgIpc) is 2.89. The molecule has 1 aromatic carbocycles. The number of rotatable bonds is 6. The van der Waals surface area contributed by atoms with Crippen molar-refractivity contribution >= 4 is 17.0 Å². The summed E-state index contributed by atoms with van der Waals surface area (Å²) in [7, 11) is 2.09. The molecule has 0 aliphatic heterocycles. The highest BCUT2D eigenvalue weighted by Gasteiger charge is 2.25. The first kappa shape index (κ1) is 17.0. The summed E-state index contributed by atoms with van der Waals surface area (Å²) in [6.07, 6.45) is 9.18. The summed E-state index contributed by atoms with van der Waals surface area (Å²) in [5.41, 5.74) is 2.86. The van der Waals surface area contributed by atoms with Crippen LogP contribution < -0.4 is 0 Å². The van der Waals surface area contributed by atoms with Crippen molar-refractivity contribution in [3.8, 4) is 0 Å². The summed E-state index contributed by atoms with van der Waals surface area (Å²) in [5.74, 6) is 1.82. The number of carboxylic acid groups (broad SMARTS) is 1. The lowest BCUT2D eigenvalue weighted by molar-refractivity contribution is -0.136. The molecule has 0 atom stereocenters. The molecule has 1 fully saturated rings. The van der Waals surface area contributed by atoms with Crippen molar-refractivity contribution < 1.29 is 9.90 Å². The third-order valence-corrected chi connectivity index (χ3v) is 5.51. The Kier molecular flexibility index (Phi) is 5.22. The number of aromatic nitrogens is 2. The van der Waals surface area contributed by atoms with Crippen LogP contribution in [0.4, 0.5) is 0 Å².